The molecule has 1 heteroatoms. The minimum atomic E-state index is 0.836. The normalized spacial score (nSPS) is 9.92. The summed E-state index contributed by atoms with van der Waals surface area (Å²) in [5.74, 6) is 2.46. The molecule has 0 unspecified atom stereocenters. The Bertz CT molecular complexity index is 284. The average molecular weight is 171 g/mol. The molecule has 0 aliphatic carbocycles. The fraction of sp³-hybridized carbons (Fsp3) is 0.250. The average Bonchev–Trinajstić information content (AvgIpc) is 2.20. The van der Waals surface area contributed by atoms with Crippen molar-refractivity contribution < 1.29 is 0 Å². The molecule has 0 aliphatic heterocycles. The summed E-state index contributed by atoms with van der Waals surface area (Å²) in [4.78, 5) is 2.00. The van der Waals surface area contributed by atoms with Gasteiger partial charge < -0.3 is 0 Å². The Morgan fingerprint density at radius 2 is 2.00 bits per heavy atom. The Morgan fingerprint density at radius 1 is 1.38 bits per heavy atom. The zero-order valence-corrected chi connectivity index (χ0v) is 8.04. The van der Waals surface area contributed by atoms with E-state index in [1.165, 1.54) is 0 Å². The van der Waals surface area contributed by atoms with Crippen LogP contribution in [0.5, 0.6) is 0 Å². The first-order valence-corrected chi connectivity index (χ1v) is 4.35. The molecule has 0 amide bonds. The van der Waals surface area contributed by atoms with Crippen molar-refractivity contribution in [2.24, 2.45) is 0 Å². The van der Waals surface area contributed by atoms with Crippen LogP contribution in [-0.4, -0.2) is 18.5 Å². The van der Waals surface area contributed by atoms with Crippen molar-refractivity contribution in [3.63, 3.8) is 0 Å². The summed E-state index contributed by atoms with van der Waals surface area (Å²) in [6, 6.07) is 10.7. The Kier molecular flexibility index (Phi) is 3.63. The van der Waals surface area contributed by atoms with Crippen LogP contribution >= 0.6 is 0 Å². The minimum absolute atomic E-state index is 0.836. The molecule has 0 fully saturated rings. The standard InChI is InChI=1S/C12H13N/c1-4-12(13(3)5-2)11-9-7-6-8-10-11/h6-10H,5H2,2-3H3. The molecule has 0 atom stereocenters. The van der Waals surface area contributed by atoms with Gasteiger partial charge in [-0.2, -0.15) is 0 Å². The van der Waals surface area contributed by atoms with Crippen LogP contribution in [0.2, 0.25) is 0 Å². The quantitative estimate of drug-likeness (QED) is 0.497. The van der Waals surface area contributed by atoms with E-state index < -0.39 is 0 Å². The molecule has 0 spiro atoms. The van der Waals surface area contributed by atoms with E-state index in [1.807, 2.05) is 42.3 Å². The van der Waals surface area contributed by atoms with Crippen molar-refractivity contribution in [2.75, 3.05) is 13.6 Å². The molecule has 1 aromatic rings. The summed E-state index contributed by atoms with van der Waals surface area (Å²) < 4.78 is 0. The van der Waals surface area contributed by atoms with Crippen molar-refractivity contribution in [1.82, 2.24) is 4.90 Å². The molecule has 0 N–H and O–H groups in total. The van der Waals surface area contributed by atoms with Crippen LogP contribution in [0.15, 0.2) is 30.3 Å². The molecule has 0 radical (unpaired) electrons. The molecule has 0 bridgehead atoms. The maximum atomic E-state index is 7.20. The number of nitrogens with zero attached hydrogens (tertiary/aromatic N) is 1. The Morgan fingerprint density at radius 3 is 2.46 bits per heavy atom. The van der Waals surface area contributed by atoms with Gasteiger partial charge in [-0.15, -0.1) is 0 Å². The first-order chi connectivity index (χ1) is 6.29. The van der Waals surface area contributed by atoms with E-state index in [0.29, 0.717) is 0 Å². The van der Waals surface area contributed by atoms with E-state index in [4.69, 9.17) is 6.42 Å². The Balaban J connectivity index is 2.86. The topological polar surface area (TPSA) is 3.24 Å². The summed E-state index contributed by atoms with van der Waals surface area (Å²) >= 11 is 0. The van der Waals surface area contributed by atoms with E-state index in [-0.39, 0.29) is 0 Å². The molecule has 1 nitrogen and oxygen atoms in total. The molecule has 1 aromatic carbocycles. The van der Waals surface area contributed by atoms with Gasteiger partial charge in [0.05, 0.1) is 0 Å². The first kappa shape index (κ1) is 9.91. The number of hydrogen-bond donors (Lipinski definition) is 0. The van der Waals surface area contributed by atoms with Crippen LogP contribution in [-0.2, 0) is 0 Å². The SMILES string of the molecule is [C+]#C[C-](c1ccccc1)N(C)CC. The molecule has 0 saturated heterocycles. The van der Waals surface area contributed by atoms with Crippen LogP contribution < -0.4 is 0 Å². The van der Waals surface area contributed by atoms with Gasteiger partial charge in [0.1, 0.15) is 0 Å². The first-order valence-electron chi connectivity index (χ1n) is 4.35. The zero-order valence-electron chi connectivity index (χ0n) is 8.04. The van der Waals surface area contributed by atoms with Gasteiger partial charge in [-0.1, -0.05) is 0 Å². The van der Waals surface area contributed by atoms with Crippen LogP contribution in [0, 0.1) is 18.4 Å². The monoisotopic (exact) mass is 171 g/mol. The van der Waals surface area contributed by atoms with Crippen molar-refractivity contribution in [2.45, 2.75) is 6.92 Å². The summed E-state index contributed by atoms with van der Waals surface area (Å²) in [5.41, 5.74) is 1.04. The second-order valence-corrected chi connectivity index (χ2v) is 2.85. The van der Waals surface area contributed by atoms with Crippen LogP contribution in [0.3, 0.4) is 0 Å². The molecule has 13 heavy (non-hydrogen) atoms. The van der Waals surface area contributed by atoms with Crippen molar-refractivity contribution in [3.05, 3.63) is 48.4 Å². The fourth-order valence-corrected chi connectivity index (χ4v) is 1.14. The number of hydrogen-bond acceptors (Lipinski definition) is 1. The third-order valence-electron chi connectivity index (χ3n) is 2.02. The summed E-state index contributed by atoms with van der Waals surface area (Å²) in [6.45, 7) is 2.94. The summed E-state index contributed by atoms with van der Waals surface area (Å²) in [6.07, 6.45) is 7.20. The van der Waals surface area contributed by atoms with Gasteiger partial charge in [0, 0.05) is 0 Å². The number of rotatable bonds is 3. The van der Waals surface area contributed by atoms with Gasteiger partial charge in [-0.05, 0) is 0 Å². The molecule has 1 rings (SSSR count). The molecular formula is C12H13N. The second kappa shape index (κ2) is 4.76. The van der Waals surface area contributed by atoms with Gasteiger partial charge in [-0.3, -0.25) is 0 Å². The van der Waals surface area contributed by atoms with Gasteiger partial charge in [0.2, 0.25) is 0 Å². The third-order valence-corrected chi connectivity index (χ3v) is 2.02. The van der Waals surface area contributed by atoms with E-state index >= 15 is 0 Å². The number of benzene rings is 1. The fourth-order valence-electron chi connectivity index (χ4n) is 1.14. The predicted molar refractivity (Wildman–Crippen MR) is 54.2 cm³/mol. The van der Waals surface area contributed by atoms with E-state index in [0.717, 1.165) is 18.2 Å². The zero-order chi connectivity index (χ0) is 9.68. The van der Waals surface area contributed by atoms with Crippen LogP contribution in [0.25, 0.3) is 0 Å². The third kappa shape index (κ3) is 2.38. The van der Waals surface area contributed by atoms with Gasteiger partial charge in [0.15, 0.2) is 0 Å². The Labute approximate surface area is 80.4 Å². The molecule has 0 aliphatic rings. The maximum absolute atomic E-state index is 7.20. The molecule has 0 heterocycles. The van der Waals surface area contributed by atoms with E-state index in [2.05, 4.69) is 12.8 Å². The van der Waals surface area contributed by atoms with Crippen LogP contribution in [0.4, 0.5) is 0 Å². The van der Waals surface area contributed by atoms with Crippen molar-refractivity contribution >= 4 is 0 Å². The molecule has 0 aromatic heterocycles. The van der Waals surface area contributed by atoms with E-state index in [9.17, 15) is 0 Å². The van der Waals surface area contributed by atoms with E-state index in [1.54, 1.807) is 0 Å². The second-order valence-electron chi connectivity index (χ2n) is 2.85. The Hall–Kier alpha value is -1.17. The predicted octanol–water partition coefficient (Wildman–Crippen LogP) is 2.11. The van der Waals surface area contributed by atoms with Gasteiger partial charge in [0.25, 0.3) is 0 Å². The molecular weight excluding hydrogens is 158 g/mol. The summed E-state index contributed by atoms with van der Waals surface area (Å²) in [7, 11) is 1.96. The molecule has 0 saturated carbocycles. The van der Waals surface area contributed by atoms with Crippen molar-refractivity contribution in [3.8, 4) is 5.92 Å². The summed E-state index contributed by atoms with van der Waals surface area (Å²) in [5, 5.41) is 0. The van der Waals surface area contributed by atoms with Gasteiger partial charge in [-0.25, -0.2) is 0 Å². The van der Waals surface area contributed by atoms with Crippen molar-refractivity contribution in [1.29, 1.82) is 0 Å². The molecule has 66 valence electrons. The van der Waals surface area contributed by atoms with Crippen LogP contribution in [0.1, 0.15) is 12.5 Å². The van der Waals surface area contributed by atoms with Gasteiger partial charge >= 0.3 is 79.7 Å².